The summed E-state index contributed by atoms with van der Waals surface area (Å²) in [7, 11) is 0. The van der Waals surface area contributed by atoms with Crippen molar-refractivity contribution in [3.05, 3.63) is 12.2 Å². The highest BCUT2D eigenvalue weighted by atomic mass is 19.4. The highest BCUT2D eigenvalue weighted by molar-refractivity contribution is 5.94. The van der Waals surface area contributed by atoms with Gasteiger partial charge in [0, 0.05) is 5.57 Å². The van der Waals surface area contributed by atoms with Crippen LogP contribution < -0.4 is 0 Å². The second kappa shape index (κ2) is 8.52. The third kappa shape index (κ3) is 4.42. The van der Waals surface area contributed by atoms with Crippen molar-refractivity contribution in [3.8, 4) is 0 Å². The van der Waals surface area contributed by atoms with Gasteiger partial charge in [-0.3, -0.25) is 0 Å². The van der Waals surface area contributed by atoms with Gasteiger partial charge in [-0.15, -0.1) is 0 Å². The summed E-state index contributed by atoms with van der Waals surface area (Å²) < 4.78 is 237. The molecule has 0 aromatic rings. The fourth-order valence-electron chi connectivity index (χ4n) is 1.60. The number of alkyl halides is 17. The molecule has 0 heterocycles. The lowest BCUT2D eigenvalue weighted by molar-refractivity contribution is -0.470. The molecule has 0 aromatic heterocycles. The van der Waals surface area contributed by atoms with Gasteiger partial charge in [0.05, 0.1) is 0 Å². The third-order valence-corrected chi connectivity index (χ3v) is 3.64. The highest BCUT2D eigenvalue weighted by Gasteiger charge is 2.96. The number of rotatable bonds is 8. The Labute approximate surface area is 179 Å². The molecule has 206 valence electrons. The number of esters is 1. The summed E-state index contributed by atoms with van der Waals surface area (Å²) in [5, 5.41) is -3.58. The van der Waals surface area contributed by atoms with Crippen LogP contribution >= 0.6 is 0 Å². The van der Waals surface area contributed by atoms with Crippen LogP contribution in [0.2, 0.25) is 0 Å². The molecule has 1 amide bonds. The van der Waals surface area contributed by atoms with E-state index in [0.29, 0.717) is 6.92 Å². The van der Waals surface area contributed by atoms with E-state index in [9.17, 15) is 88.7 Å². The van der Waals surface area contributed by atoms with Crippen molar-refractivity contribution < 1.29 is 93.4 Å². The second-order valence-corrected chi connectivity index (χ2v) is 6.20. The topological polar surface area (TPSA) is 46.6 Å². The predicted octanol–water partition coefficient (Wildman–Crippen LogP) is 6.38. The zero-order valence-corrected chi connectivity index (χ0v) is 15.7. The molecule has 22 heteroatoms. The molecule has 35 heavy (non-hydrogen) atoms. The Bertz CT molecular complexity index is 860. The number of nitrogens with zero attached hydrogens (tertiary/aromatic N) is 1. The van der Waals surface area contributed by atoms with E-state index >= 15 is 0 Å². The number of hydrogen-bond donors (Lipinski definition) is 0. The quantitative estimate of drug-likeness (QED) is 0.0858. The average Bonchev–Trinajstić information content (AvgIpc) is 2.64. The molecule has 0 aliphatic heterocycles. The molecule has 0 N–H and O–H groups in total. The first-order valence-corrected chi connectivity index (χ1v) is 7.50. The van der Waals surface area contributed by atoms with Crippen LogP contribution in [0.15, 0.2) is 12.2 Å². The minimum absolute atomic E-state index is 0.568. The van der Waals surface area contributed by atoms with Gasteiger partial charge in [-0.05, 0) is 6.92 Å². The van der Waals surface area contributed by atoms with Gasteiger partial charge < -0.3 is 4.74 Å². The third-order valence-electron chi connectivity index (χ3n) is 3.64. The molecule has 0 atom stereocenters. The van der Waals surface area contributed by atoms with E-state index in [1.165, 1.54) is 0 Å². The number of halogens is 18. The van der Waals surface area contributed by atoms with Crippen LogP contribution in [0.3, 0.4) is 0 Å². The van der Waals surface area contributed by atoms with E-state index < -0.39 is 70.5 Å². The van der Waals surface area contributed by atoms with E-state index in [0.717, 1.165) is 0 Å². The lowest BCUT2D eigenvalue weighted by atomic mass is 9.90. The van der Waals surface area contributed by atoms with Gasteiger partial charge in [0.2, 0.25) is 0 Å². The largest absolute Gasteiger partial charge is 0.460 e. The second-order valence-electron chi connectivity index (χ2n) is 6.20. The van der Waals surface area contributed by atoms with Crippen molar-refractivity contribution in [3.63, 3.8) is 0 Å². The summed E-state index contributed by atoms with van der Waals surface area (Å²) >= 11 is 0. The first-order valence-electron chi connectivity index (χ1n) is 7.50. The Kier molecular flexibility index (Phi) is 7.89. The van der Waals surface area contributed by atoms with Gasteiger partial charge in [-0.25, -0.2) is 9.59 Å². The molecule has 4 nitrogen and oxygen atoms in total. The van der Waals surface area contributed by atoms with E-state index in [1.807, 2.05) is 0 Å². The first-order chi connectivity index (χ1) is 14.9. The van der Waals surface area contributed by atoms with Crippen molar-refractivity contribution in [2.45, 2.75) is 54.7 Å². The van der Waals surface area contributed by atoms with Gasteiger partial charge in [0.25, 0.3) is 0 Å². The van der Waals surface area contributed by atoms with Crippen LogP contribution in [0, 0.1) is 0 Å². The Morgan fingerprint density at radius 2 is 0.886 bits per heavy atom. The number of ether oxygens (including phenoxy) is 1. The number of amides is 1. The zero-order chi connectivity index (χ0) is 29.0. The zero-order valence-electron chi connectivity index (χ0n) is 15.7. The van der Waals surface area contributed by atoms with Gasteiger partial charge in [0.1, 0.15) is 0 Å². The van der Waals surface area contributed by atoms with Gasteiger partial charge in [0.15, 0.2) is 0 Å². The molecule has 0 bridgehead atoms. The van der Waals surface area contributed by atoms with Crippen LogP contribution in [-0.4, -0.2) is 64.9 Å². The van der Waals surface area contributed by atoms with Crippen LogP contribution in [0.1, 0.15) is 6.92 Å². The Balaban J connectivity index is 6.71. The molecule has 0 aromatic carbocycles. The molecule has 0 rings (SSSR count). The fourth-order valence-corrected chi connectivity index (χ4v) is 1.60. The molecule has 0 radical (unpaired) electrons. The van der Waals surface area contributed by atoms with Crippen molar-refractivity contribution in [1.29, 1.82) is 0 Å². The first kappa shape index (κ1) is 32.4. The molecule has 0 spiro atoms. The normalized spacial score (nSPS) is 15.1. The highest BCUT2D eigenvalue weighted by Crippen LogP contribution is 2.64. The maximum Gasteiger partial charge on any atom is 0.460 e. The summed E-state index contributed by atoms with van der Waals surface area (Å²) in [6.07, 6.45) is -11.7. The van der Waals surface area contributed by atoms with Crippen LogP contribution in [0.25, 0.3) is 0 Å². The predicted molar refractivity (Wildman–Crippen MR) is 69.9 cm³/mol. The monoisotopic (exact) mass is 565 g/mol. The molecule has 0 aliphatic rings. The van der Waals surface area contributed by atoms with Crippen LogP contribution in [0.4, 0.5) is 83.9 Å². The number of carbonyl (C=O) groups is 2. The Morgan fingerprint density at radius 3 is 1.17 bits per heavy atom. The van der Waals surface area contributed by atoms with E-state index in [4.69, 9.17) is 0 Å². The lowest BCUT2D eigenvalue weighted by Gasteiger charge is -2.42. The van der Waals surface area contributed by atoms with Crippen molar-refractivity contribution in [2.24, 2.45) is 0 Å². The molecular weight excluding hydrogens is 560 g/mol. The Morgan fingerprint density at radius 1 is 0.600 bits per heavy atom. The molecule has 0 fully saturated rings. The summed E-state index contributed by atoms with van der Waals surface area (Å²) in [6, 6.07) is -7.84. The maximum atomic E-state index is 13.5. The summed E-state index contributed by atoms with van der Waals surface area (Å²) in [5.74, 6) is -54.5. The molecule has 0 saturated heterocycles. The van der Waals surface area contributed by atoms with E-state index in [-0.39, 0.29) is 0 Å². The van der Waals surface area contributed by atoms with Crippen LogP contribution in [-0.2, 0) is 9.53 Å². The standard InChI is InChI=1S/C13H5F18NO3/c1-3(2)4(33)35-5(34)32(31)13(29,30)11(24,25)9(20,21)7(16,17)6(14,15)8(18,19)10(22,23)12(26,27)28/h1H2,2H3. The van der Waals surface area contributed by atoms with Gasteiger partial charge in [-0.2, -0.15) is 74.6 Å². The molecule has 0 unspecified atom stereocenters. The van der Waals surface area contributed by atoms with Crippen molar-refractivity contribution in [1.82, 2.24) is 5.12 Å². The van der Waals surface area contributed by atoms with Crippen LogP contribution in [0.5, 0.6) is 0 Å². The SMILES string of the molecule is C=C(C)C(=O)OC(=O)N(F)C(F)(F)C(F)(F)C(F)(F)C(F)(F)C(F)(F)C(F)(F)C(F)(F)C(F)(F)F. The molecular formula is C13H5F18NO3. The number of hydrogen-bond acceptors (Lipinski definition) is 3. The Hall–Kier alpha value is -2.58. The fraction of sp³-hybridized carbons (Fsp3) is 0.692. The molecule has 0 saturated carbocycles. The van der Waals surface area contributed by atoms with E-state index in [1.54, 1.807) is 0 Å². The van der Waals surface area contributed by atoms with Crippen molar-refractivity contribution >= 4 is 12.1 Å². The minimum atomic E-state index is -8.95. The van der Waals surface area contributed by atoms with Gasteiger partial charge >= 0.3 is 59.8 Å². The van der Waals surface area contributed by atoms with Gasteiger partial charge in [-0.1, -0.05) is 16.2 Å². The lowest BCUT2D eigenvalue weighted by Crippen LogP contribution is -2.75. The average molecular weight is 565 g/mol. The summed E-state index contributed by atoms with van der Waals surface area (Å²) in [4.78, 5) is 21.7. The van der Waals surface area contributed by atoms with E-state index in [2.05, 4.69) is 11.3 Å². The summed E-state index contributed by atoms with van der Waals surface area (Å²) in [6.45, 7) is 3.19. The van der Waals surface area contributed by atoms with Crippen molar-refractivity contribution in [2.75, 3.05) is 0 Å². The summed E-state index contributed by atoms with van der Waals surface area (Å²) in [5.41, 5.74) is -1.01. The maximum absolute atomic E-state index is 13.5. The smallest absolute Gasteiger partial charge is 0.371 e. The molecule has 0 aliphatic carbocycles. The minimum Gasteiger partial charge on any atom is -0.371 e. The number of carbonyl (C=O) groups excluding carboxylic acids is 2.